The first-order valence-electron chi connectivity index (χ1n) is 6.36. The number of nitrogens with one attached hydrogen (secondary N) is 1. The van der Waals surface area contributed by atoms with Gasteiger partial charge in [0.15, 0.2) is 0 Å². The summed E-state index contributed by atoms with van der Waals surface area (Å²) in [7, 11) is 0. The van der Waals surface area contributed by atoms with Gasteiger partial charge in [0.2, 0.25) is 5.91 Å². The van der Waals surface area contributed by atoms with Crippen molar-refractivity contribution in [3.05, 3.63) is 0 Å². The van der Waals surface area contributed by atoms with Gasteiger partial charge in [-0.05, 0) is 11.3 Å². The molecule has 0 aromatic carbocycles. The molecule has 0 aromatic rings. The number of hydrogen-bond donors (Lipinski definition) is 2. The van der Waals surface area contributed by atoms with E-state index in [9.17, 15) is 9.59 Å². The van der Waals surface area contributed by atoms with Gasteiger partial charge in [-0.3, -0.25) is 9.59 Å². The second-order valence-electron chi connectivity index (χ2n) is 5.54. The summed E-state index contributed by atoms with van der Waals surface area (Å²) in [6.07, 6.45) is 2.07. The zero-order valence-corrected chi connectivity index (χ0v) is 11.1. The van der Waals surface area contributed by atoms with Crippen LogP contribution in [-0.4, -0.2) is 23.5 Å². The molecule has 0 spiro atoms. The summed E-state index contributed by atoms with van der Waals surface area (Å²) >= 11 is 0. The summed E-state index contributed by atoms with van der Waals surface area (Å²) < 4.78 is 0. The molecule has 0 heterocycles. The number of carboxylic acid groups (broad SMARTS) is 1. The van der Waals surface area contributed by atoms with Crippen molar-refractivity contribution >= 4 is 11.9 Å². The minimum atomic E-state index is -0.863. The van der Waals surface area contributed by atoms with Crippen LogP contribution in [0.1, 0.15) is 40.5 Å². The Morgan fingerprint density at radius 1 is 1.24 bits per heavy atom. The average molecular weight is 241 g/mol. The van der Waals surface area contributed by atoms with Gasteiger partial charge in [-0.1, -0.05) is 40.5 Å². The first-order valence-corrected chi connectivity index (χ1v) is 6.36. The van der Waals surface area contributed by atoms with Crippen molar-refractivity contribution in [1.29, 1.82) is 0 Å². The van der Waals surface area contributed by atoms with E-state index in [1.807, 2.05) is 13.8 Å². The fourth-order valence-corrected chi connectivity index (χ4v) is 2.52. The van der Waals surface area contributed by atoms with E-state index in [1.165, 1.54) is 0 Å². The SMILES string of the molecule is CCC(CC)CNC(=O)C1C(C(=O)O)C1(C)C. The van der Waals surface area contributed by atoms with Crippen molar-refractivity contribution < 1.29 is 14.7 Å². The lowest BCUT2D eigenvalue weighted by Crippen LogP contribution is -2.31. The van der Waals surface area contributed by atoms with Crippen LogP contribution in [0.5, 0.6) is 0 Å². The molecule has 1 fully saturated rings. The molecule has 17 heavy (non-hydrogen) atoms. The van der Waals surface area contributed by atoms with E-state index < -0.39 is 17.3 Å². The van der Waals surface area contributed by atoms with Gasteiger partial charge in [-0.15, -0.1) is 0 Å². The summed E-state index contributed by atoms with van der Waals surface area (Å²) in [6, 6.07) is 0. The van der Waals surface area contributed by atoms with E-state index >= 15 is 0 Å². The van der Waals surface area contributed by atoms with E-state index in [1.54, 1.807) is 0 Å². The Morgan fingerprint density at radius 3 is 2.12 bits per heavy atom. The Hall–Kier alpha value is -1.06. The van der Waals surface area contributed by atoms with Crippen LogP contribution in [0.15, 0.2) is 0 Å². The van der Waals surface area contributed by atoms with Crippen LogP contribution in [-0.2, 0) is 9.59 Å². The summed E-state index contributed by atoms with van der Waals surface area (Å²) in [4.78, 5) is 22.9. The average Bonchev–Trinajstić information content (AvgIpc) is 2.83. The van der Waals surface area contributed by atoms with Crippen molar-refractivity contribution in [2.75, 3.05) is 6.54 Å². The van der Waals surface area contributed by atoms with Crippen LogP contribution in [0.3, 0.4) is 0 Å². The summed E-state index contributed by atoms with van der Waals surface area (Å²) in [6.45, 7) is 8.54. The van der Waals surface area contributed by atoms with E-state index in [0.29, 0.717) is 12.5 Å². The van der Waals surface area contributed by atoms with Crippen molar-refractivity contribution in [3.8, 4) is 0 Å². The highest BCUT2D eigenvalue weighted by Gasteiger charge is 2.65. The normalized spacial score (nSPS) is 25.7. The summed E-state index contributed by atoms with van der Waals surface area (Å²) in [5.41, 5.74) is -0.399. The van der Waals surface area contributed by atoms with Crippen molar-refractivity contribution in [1.82, 2.24) is 5.32 Å². The van der Waals surface area contributed by atoms with Crippen LogP contribution in [0.4, 0.5) is 0 Å². The lowest BCUT2D eigenvalue weighted by molar-refractivity contribution is -0.140. The van der Waals surface area contributed by atoms with Crippen molar-refractivity contribution in [2.24, 2.45) is 23.2 Å². The number of carbonyl (C=O) groups excluding carboxylic acids is 1. The third-order valence-electron chi connectivity index (χ3n) is 4.10. The number of amides is 1. The quantitative estimate of drug-likeness (QED) is 0.746. The largest absolute Gasteiger partial charge is 0.481 e. The van der Waals surface area contributed by atoms with Gasteiger partial charge in [0.1, 0.15) is 0 Å². The van der Waals surface area contributed by atoms with Crippen molar-refractivity contribution in [2.45, 2.75) is 40.5 Å². The molecule has 2 atom stereocenters. The zero-order valence-electron chi connectivity index (χ0n) is 11.1. The lowest BCUT2D eigenvalue weighted by atomic mass is 10.0. The number of carboxylic acids is 1. The second-order valence-corrected chi connectivity index (χ2v) is 5.54. The molecule has 2 N–H and O–H groups in total. The molecule has 2 unspecified atom stereocenters. The molecule has 0 aliphatic heterocycles. The molecule has 1 aliphatic rings. The molecule has 0 saturated heterocycles. The number of carbonyl (C=O) groups is 2. The Morgan fingerprint density at radius 2 is 1.76 bits per heavy atom. The Kier molecular flexibility index (Phi) is 4.17. The Balaban J connectivity index is 2.48. The van der Waals surface area contributed by atoms with Gasteiger partial charge in [-0.2, -0.15) is 0 Å². The maximum Gasteiger partial charge on any atom is 0.307 e. The highest BCUT2D eigenvalue weighted by molar-refractivity contribution is 5.91. The first-order chi connectivity index (χ1) is 7.86. The maximum absolute atomic E-state index is 11.9. The fourth-order valence-electron chi connectivity index (χ4n) is 2.52. The summed E-state index contributed by atoms with van der Waals surface area (Å²) in [5, 5.41) is 11.9. The Labute approximate surface area is 103 Å². The van der Waals surface area contributed by atoms with Crippen LogP contribution in [0.2, 0.25) is 0 Å². The monoisotopic (exact) mass is 241 g/mol. The van der Waals surface area contributed by atoms with Gasteiger partial charge in [0.25, 0.3) is 0 Å². The van der Waals surface area contributed by atoms with Crippen LogP contribution in [0, 0.1) is 23.2 Å². The molecule has 0 bridgehead atoms. The molecule has 1 amide bonds. The molecule has 4 nitrogen and oxygen atoms in total. The molecule has 1 rings (SSSR count). The standard InChI is InChI=1S/C13H23NO3/c1-5-8(6-2)7-14-11(15)9-10(12(16)17)13(9,3)4/h8-10H,5-7H2,1-4H3,(H,14,15)(H,16,17). The van der Waals surface area contributed by atoms with Crippen molar-refractivity contribution in [3.63, 3.8) is 0 Å². The van der Waals surface area contributed by atoms with Gasteiger partial charge in [-0.25, -0.2) is 0 Å². The molecule has 4 heteroatoms. The number of aliphatic carboxylic acids is 1. The predicted molar refractivity (Wildman–Crippen MR) is 65.5 cm³/mol. The van der Waals surface area contributed by atoms with Crippen LogP contribution < -0.4 is 5.32 Å². The summed E-state index contributed by atoms with van der Waals surface area (Å²) in [5.74, 6) is -1.37. The van der Waals surface area contributed by atoms with Crippen LogP contribution in [0.25, 0.3) is 0 Å². The number of rotatable bonds is 6. The van der Waals surface area contributed by atoms with E-state index in [4.69, 9.17) is 5.11 Å². The van der Waals surface area contributed by atoms with Gasteiger partial charge in [0, 0.05) is 6.54 Å². The Bertz CT molecular complexity index is 308. The highest BCUT2D eigenvalue weighted by atomic mass is 16.4. The minimum absolute atomic E-state index is 0.102. The van der Waals surface area contributed by atoms with E-state index in [0.717, 1.165) is 12.8 Å². The molecular formula is C13H23NO3. The highest BCUT2D eigenvalue weighted by Crippen LogP contribution is 2.58. The van der Waals surface area contributed by atoms with E-state index in [-0.39, 0.29) is 11.8 Å². The first kappa shape index (κ1) is 14.0. The van der Waals surface area contributed by atoms with Gasteiger partial charge >= 0.3 is 5.97 Å². The molecule has 1 aliphatic carbocycles. The molecule has 0 aromatic heterocycles. The molecule has 1 saturated carbocycles. The van der Waals surface area contributed by atoms with Crippen LogP contribution >= 0.6 is 0 Å². The lowest BCUT2D eigenvalue weighted by Gasteiger charge is -2.13. The number of hydrogen-bond acceptors (Lipinski definition) is 2. The molecule has 98 valence electrons. The molecular weight excluding hydrogens is 218 g/mol. The third kappa shape index (κ3) is 2.79. The zero-order chi connectivity index (χ0) is 13.2. The molecule has 0 radical (unpaired) electrons. The topological polar surface area (TPSA) is 66.4 Å². The third-order valence-corrected chi connectivity index (χ3v) is 4.10. The minimum Gasteiger partial charge on any atom is -0.481 e. The predicted octanol–water partition coefficient (Wildman–Crippen LogP) is 1.90. The smallest absolute Gasteiger partial charge is 0.307 e. The van der Waals surface area contributed by atoms with Gasteiger partial charge in [0.05, 0.1) is 11.8 Å². The second kappa shape index (κ2) is 5.07. The van der Waals surface area contributed by atoms with E-state index in [2.05, 4.69) is 19.2 Å². The maximum atomic E-state index is 11.9. The van der Waals surface area contributed by atoms with Gasteiger partial charge < -0.3 is 10.4 Å². The fraction of sp³-hybridized carbons (Fsp3) is 0.846.